The summed E-state index contributed by atoms with van der Waals surface area (Å²) >= 11 is 0. The van der Waals surface area contributed by atoms with Crippen LogP contribution < -0.4 is 5.32 Å². The Balaban J connectivity index is 2.56. The van der Waals surface area contributed by atoms with Crippen molar-refractivity contribution in [3.05, 3.63) is 63.5 Å². The fourth-order valence-corrected chi connectivity index (χ4v) is 1.90. The second-order valence-corrected chi connectivity index (χ2v) is 4.35. The van der Waals surface area contributed by atoms with Crippen LogP contribution in [0.2, 0.25) is 0 Å². The first-order valence-corrected chi connectivity index (χ1v) is 5.94. The molecule has 2 rings (SSSR count). The fraction of sp³-hybridized carbons (Fsp3) is 0.0714. The summed E-state index contributed by atoms with van der Waals surface area (Å²) in [5, 5.41) is 22.9. The van der Waals surface area contributed by atoms with Crippen LogP contribution in [0.3, 0.4) is 0 Å². The van der Waals surface area contributed by atoms with Gasteiger partial charge >= 0.3 is 5.97 Å². The number of rotatable bonds is 4. The molecule has 0 aliphatic heterocycles. The second-order valence-electron chi connectivity index (χ2n) is 4.35. The number of nitro groups is 1. The van der Waals surface area contributed by atoms with Crippen LogP contribution in [-0.2, 0) is 0 Å². The van der Waals surface area contributed by atoms with E-state index in [1.165, 1.54) is 36.4 Å². The Kier molecular flexibility index (Phi) is 3.84. The zero-order valence-electron chi connectivity index (χ0n) is 11.0. The summed E-state index contributed by atoms with van der Waals surface area (Å²) in [5.74, 6) is -1.74. The van der Waals surface area contributed by atoms with Gasteiger partial charge in [-0.2, -0.15) is 0 Å². The number of carboxylic acid groups (broad SMARTS) is 1. The first-order chi connectivity index (χ1) is 9.90. The second kappa shape index (κ2) is 5.58. The predicted octanol–water partition coefficient (Wildman–Crippen LogP) is 3.48. The average Bonchev–Trinajstić information content (AvgIpc) is 2.41. The van der Waals surface area contributed by atoms with Gasteiger partial charge in [-0.1, -0.05) is 6.07 Å². The molecule has 6 nitrogen and oxygen atoms in total. The number of halogens is 1. The number of carbonyl (C=O) groups is 1. The molecule has 0 aromatic heterocycles. The summed E-state index contributed by atoms with van der Waals surface area (Å²) < 4.78 is 13.1. The summed E-state index contributed by atoms with van der Waals surface area (Å²) in [5.41, 5.74) is 0.175. The Bertz CT molecular complexity index is 699. The number of nitrogens with one attached hydrogen (secondary N) is 1. The SMILES string of the molecule is Cc1cc(F)ccc1Nc1c(C(=O)O)cccc1[N+](=O)[O-]. The highest BCUT2D eigenvalue weighted by Crippen LogP contribution is 2.32. The molecule has 0 fully saturated rings. The molecule has 2 aromatic rings. The highest BCUT2D eigenvalue weighted by Gasteiger charge is 2.21. The van der Waals surface area contributed by atoms with Gasteiger partial charge in [-0.25, -0.2) is 9.18 Å². The lowest BCUT2D eigenvalue weighted by molar-refractivity contribution is -0.383. The normalized spacial score (nSPS) is 10.2. The summed E-state index contributed by atoms with van der Waals surface area (Å²) in [4.78, 5) is 21.6. The number of carboxylic acids is 1. The van der Waals surface area contributed by atoms with Gasteiger partial charge < -0.3 is 10.4 Å². The van der Waals surface area contributed by atoms with Crippen molar-refractivity contribution < 1.29 is 19.2 Å². The van der Waals surface area contributed by atoms with Gasteiger partial charge in [-0.3, -0.25) is 10.1 Å². The van der Waals surface area contributed by atoms with Crippen molar-refractivity contribution in [3.8, 4) is 0 Å². The van der Waals surface area contributed by atoms with E-state index in [-0.39, 0.29) is 16.9 Å². The smallest absolute Gasteiger partial charge is 0.338 e. The first-order valence-electron chi connectivity index (χ1n) is 5.94. The van der Waals surface area contributed by atoms with Crippen molar-refractivity contribution in [1.29, 1.82) is 0 Å². The topological polar surface area (TPSA) is 92.5 Å². The molecule has 0 aliphatic rings. The van der Waals surface area contributed by atoms with Crippen LogP contribution in [-0.4, -0.2) is 16.0 Å². The monoisotopic (exact) mass is 290 g/mol. The highest BCUT2D eigenvalue weighted by molar-refractivity contribution is 5.98. The molecule has 0 spiro atoms. The van der Waals surface area contributed by atoms with Gasteiger partial charge in [0.15, 0.2) is 0 Å². The van der Waals surface area contributed by atoms with E-state index >= 15 is 0 Å². The van der Waals surface area contributed by atoms with Crippen molar-refractivity contribution in [2.75, 3.05) is 5.32 Å². The minimum atomic E-state index is -1.29. The van der Waals surface area contributed by atoms with Crippen molar-refractivity contribution in [2.45, 2.75) is 6.92 Å². The van der Waals surface area contributed by atoms with E-state index in [1.807, 2.05) is 0 Å². The Morgan fingerprint density at radius 1 is 1.33 bits per heavy atom. The third-order valence-corrected chi connectivity index (χ3v) is 2.92. The van der Waals surface area contributed by atoms with E-state index in [9.17, 15) is 19.3 Å². The zero-order valence-corrected chi connectivity index (χ0v) is 11.0. The lowest BCUT2D eigenvalue weighted by Gasteiger charge is -2.12. The van der Waals surface area contributed by atoms with E-state index in [2.05, 4.69) is 5.32 Å². The van der Waals surface area contributed by atoms with Gasteiger partial charge in [-0.05, 0) is 36.8 Å². The average molecular weight is 290 g/mol. The maximum atomic E-state index is 13.1. The molecule has 0 amide bonds. The molecule has 0 saturated heterocycles. The van der Waals surface area contributed by atoms with Gasteiger partial charge in [-0.15, -0.1) is 0 Å². The van der Waals surface area contributed by atoms with Crippen LogP contribution >= 0.6 is 0 Å². The number of hydrogen-bond acceptors (Lipinski definition) is 4. The standard InChI is InChI=1S/C14H11FN2O4/c1-8-7-9(15)5-6-11(8)16-13-10(14(18)19)3-2-4-12(13)17(20)21/h2-7,16H,1H3,(H,18,19). The van der Waals surface area contributed by atoms with E-state index < -0.39 is 16.7 Å². The van der Waals surface area contributed by atoms with Crippen LogP contribution in [0.15, 0.2) is 36.4 Å². The number of hydrogen-bond donors (Lipinski definition) is 2. The third kappa shape index (κ3) is 2.97. The van der Waals surface area contributed by atoms with Crippen molar-refractivity contribution in [3.63, 3.8) is 0 Å². The molecule has 0 aliphatic carbocycles. The maximum absolute atomic E-state index is 13.1. The van der Waals surface area contributed by atoms with Gasteiger partial charge in [0.1, 0.15) is 11.5 Å². The molecule has 0 unspecified atom stereocenters. The predicted molar refractivity (Wildman–Crippen MR) is 74.5 cm³/mol. The number of nitro benzene ring substituents is 1. The Morgan fingerprint density at radius 2 is 2.05 bits per heavy atom. The van der Waals surface area contributed by atoms with E-state index in [0.29, 0.717) is 11.3 Å². The molecule has 2 aromatic carbocycles. The van der Waals surface area contributed by atoms with E-state index in [4.69, 9.17) is 5.11 Å². The van der Waals surface area contributed by atoms with Crippen molar-refractivity contribution in [2.24, 2.45) is 0 Å². The molecule has 0 atom stereocenters. The summed E-state index contributed by atoms with van der Waals surface area (Å²) in [7, 11) is 0. The molecule has 7 heteroatoms. The fourth-order valence-electron chi connectivity index (χ4n) is 1.90. The van der Waals surface area contributed by atoms with Gasteiger partial charge in [0.05, 0.1) is 10.5 Å². The van der Waals surface area contributed by atoms with Crippen LogP contribution in [0, 0.1) is 22.9 Å². The van der Waals surface area contributed by atoms with Gasteiger partial charge in [0, 0.05) is 11.8 Å². The number of benzene rings is 2. The Hall–Kier alpha value is -2.96. The lowest BCUT2D eigenvalue weighted by Crippen LogP contribution is -2.06. The highest BCUT2D eigenvalue weighted by atomic mass is 19.1. The Morgan fingerprint density at radius 3 is 2.62 bits per heavy atom. The maximum Gasteiger partial charge on any atom is 0.338 e. The van der Waals surface area contributed by atoms with Crippen molar-refractivity contribution in [1.82, 2.24) is 0 Å². The molecule has 108 valence electrons. The van der Waals surface area contributed by atoms with E-state index in [0.717, 1.165) is 0 Å². The minimum Gasteiger partial charge on any atom is -0.478 e. The Labute approximate surface area is 119 Å². The van der Waals surface area contributed by atoms with E-state index in [1.54, 1.807) is 6.92 Å². The number of nitrogens with zero attached hydrogens (tertiary/aromatic N) is 1. The molecule has 0 heterocycles. The quantitative estimate of drug-likeness (QED) is 0.664. The number of aryl methyl sites for hydroxylation is 1. The molecular formula is C14H11FN2O4. The summed E-state index contributed by atoms with van der Waals surface area (Å²) in [6, 6.07) is 7.59. The number of para-hydroxylation sites is 1. The molecular weight excluding hydrogens is 279 g/mol. The summed E-state index contributed by atoms with van der Waals surface area (Å²) in [6.07, 6.45) is 0. The lowest BCUT2D eigenvalue weighted by atomic mass is 10.1. The number of anilines is 2. The molecule has 21 heavy (non-hydrogen) atoms. The van der Waals surface area contributed by atoms with Crippen LogP contribution in [0.1, 0.15) is 15.9 Å². The van der Waals surface area contributed by atoms with Gasteiger partial charge in [0.2, 0.25) is 0 Å². The molecule has 2 N–H and O–H groups in total. The zero-order chi connectivity index (χ0) is 15.6. The van der Waals surface area contributed by atoms with Crippen LogP contribution in [0.25, 0.3) is 0 Å². The van der Waals surface area contributed by atoms with Crippen LogP contribution in [0.4, 0.5) is 21.5 Å². The van der Waals surface area contributed by atoms with Crippen molar-refractivity contribution >= 4 is 23.0 Å². The minimum absolute atomic E-state index is 0.135. The first kappa shape index (κ1) is 14.4. The van der Waals surface area contributed by atoms with Gasteiger partial charge in [0.25, 0.3) is 5.69 Å². The molecule has 0 saturated carbocycles. The number of aromatic carboxylic acids is 1. The third-order valence-electron chi connectivity index (χ3n) is 2.92. The molecule has 0 radical (unpaired) electrons. The van der Waals surface area contributed by atoms with Crippen LogP contribution in [0.5, 0.6) is 0 Å². The summed E-state index contributed by atoms with van der Waals surface area (Å²) in [6.45, 7) is 1.61. The largest absolute Gasteiger partial charge is 0.478 e. The molecule has 0 bridgehead atoms.